The standard InChI is InChI=1S/C22H36N2O3/c1-16-4-3-9-21(16,2)20(26)24-12-7-18(8-13-24)22(10-11-22)23-19(25)15-27-14-17-5-6-17/h16-18H,3-15H2,1-2H3,(H,23,25). The Morgan fingerprint density at radius 3 is 2.33 bits per heavy atom. The van der Waals surface area contributed by atoms with Crippen molar-refractivity contribution in [3.05, 3.63) is 0 Å². The number of piperidine rings is 1. The molecule has 1 saturated heterocycles. The van der Waals surface area contributed by atoms with Gasteiger partial charge in [0, 0.05) is 24.0 Å². The number of likely N-dealkylation sites (tertiary alicyclic amines) is 1. The summed E-state index contributed by atoms with van der Waals surface area (Å²) in [5.74, 6) is 2.10. The molecule has 4 fully saturated rings. The van der Waals surface area contributed by atoms with E-state index in [2.05, 4.69) is 24.1 Å². The molecule has 0 spiro atoms. The molecule has 0 radical (unpaired) electrons. The maximum Gasteiger partial charge on any atom is 0.246 e. The number of nitrogens with one attached hydrogen (secondary N) is 1. The third-order valence-electron chi connectivity index (χ3n) is 7.93. The zero-order chi connectivity index (χ0) is 19.1. The van der Waals surface area contributed by atoms with E-state index >= 15 is 0 Å². The lowest BCUT2D eigenvalue weighted by molar-refractivity contribution is -0.145. The summed E-state index contributed by atoms with van der Waals surface area (Å²) < 4.78 is 5.54. The summed E-state index contributed by atoms with van der Waals surface area (Å²) in [5.41, 5.74) is -0.170. The zero-order valence-corrected chi connectivity index (χ0v) is 17.1. The summed E-state index contributed by atoms with van der Waals surface area (Å²) in [6, 6.07) is 0. The molecule has 152 valence electrons. The predicted molar refractivity (Wildman–Crippen MR) is 104 cm³/mol. The molecule has 4 rings (SSSR count). The van der Waals surface area contributed by atoms with Gasteiger partial charge in [-0.2, -0.15) is 0 Å². The molecule has 4 aliphatic rings. The van der Waals surface area contributed by atoms with Crippen LogP contribution in [0, 0.1) is 23.2 Å². The van der Waals surface area contributed by atoms with E-state index in [0.29, 0.717) is 23.7 Å². The van der Waals surface area contributed by atoms with Crippen molar-refractivity contribution in [3.63, 3.8) is 0 Å². The topological polar surface area (TPSA) is 58.6 Å². The van der Waals surface area contributed by atoms with Gasteiger partial charge in [-0.25, -0.2) is 0 Å². The first-order valence-electron chi connectivity index (χ1n) is 11.1. The zero-order valence-electron chi connectivity index (χ0n) is 17.1. The second-order valence-corrected chi connectivity index (χ2v) is 9.94. The highest BCUT2D eigenvalue weighted by atomic mass is 16.5. The number of hydrogen-bond donors (Lipinski definition) is 1. The highest BCUT2D eigenvalue weighted by Crippen LogP contribution is 2.48. The molecule has 5 heteroatoms. The summed E-state index contributed by atoms with van der Waals surface area (Å²) >= 11 is 0. The summed E-state index contributed by atoms with van der Waals surface area (Å²) in [7, 11) is 0. The fourth-order valence-electron chi connectivity index (χ4n) is 5.34. The Kier molecular flexibility index (Phi) is 5.26. The Morgan fingerprint density at radius 2 is 1.78 bits per heavy atom. The first-order chi connectivity index (χ1) is 12.9. The number of rotatable bonds is 7. The van der Waals surface area contributed by atoms with Crippen molar-refractivity contribution >= 4 is 11.8 Å². The molecule has 0 bridgehead atoms. The van der Waals surface area contributed by atoms with Crippen molar-refractivity contribution < 1.29 is 14.3 Å². The van der Waals surface area contributed by atoms with E-state index in [1.165, 1.54) is 25.7 Å². The molecule has 0 aromatic rings. The largest absolute Gasteiger partial charge is 0.371 e. The maximum atomic E-state index is 13.1. The molecule has 3 aliphatic carbocycles. The Balaban J connectivity index is 1.24. The van der Waals surface area contributed by atoms with Crippen LogP contribution in [0.4, 0.5) is 0 Å². The van der Waals surface area contributed by atoms with Gasteiger partial charge in [0.25, 0.3) is 0 Å². The lowest BCUT2D eigenvalue weighted by Gasteiger charge is -2.41. The van der Waals surface area contributed by atoms with E-state index in [1.807, 2.05) is 0 Å². The number of nitrogens with zero attached hydrogens (tertiary/aromatic N) is 1. The van der Waals surface area contributed by atoms with Gasteiger partial charge in [-0.05, 0) is 69.1 Å². The Morgan fingerprint density at radius 1 is 1.07 bits per heavy atom. The van der Waals surface area contributed by atoms with Gasteiger partial charge in [0.1, 0.15) is 6.61 Å². The molecular weight excluding hydrogens is 340 g/mol. The fourth-order valence-corrected chi connectivity index (χ4v) is 5.34. The minimum atomic E-state index is -0.156. The quantitative estimate of drug-likeness (QED) is 0.743. The summed E-state index contributed by atoms with van der Waals surface area (Å²) in [5, 5.41) is 3.28. The molecule has 2 amide bonds. The van der Waals surface area contributed by atoms with Crippen LogP contribution in [0.1, 0.15) is 71.6 Å². The lowest BCUT2D eigenvalue weighted by atomic mass is 9.78. The van der Waals surface area contributed by atoms with E-state index in [0.717, 1.165) is 51.8 Å². The molecule has 0 aromatic carbocycles. The average molecular weight is 377 g/mol. The second-order valence-electron chi connectivity index (χ2n) is 9.94. The highest BCUT2D eigenvalue weighted by Gasteiger charge is 2.52. The van der Waals surface area contributed by atoms with E-state index in [1.54, 1.807) is 0 Å². The first kappa shape index (κ1) is 19.2. The van der Waals surface area contributed by atoms with Gasteiger partial charge in [-0.15, -0.1) is 0 Å². The van der Waals surface area contributed by atoms with E-state index in [-0.39, 0.29) is 23.5 Å². The molecule has 1 heterocycles. The van der Waals surface area contributed by atoms with Crippen molar-refractivity contribution in [2.75, 3.05) is 26.3 Å². The van der Waals surface area contributed by atoms with E-state index in [4.69, 9.17) is 4.74 Å². The van der Waals surface area contributed by atoms with Gasteiger partial charge in [-0.3, -0.25) is 9.59 Å². The van der Waals surface area contributed by atoms with Crippen molar-refractivity contribution in [2.45, 2.75) is 77.2 Å². The normalized spacial score (nSPS) is 33.1. The minimum absolute atomic E-state index is 0.0142. The van der Waals surface area contributed by atoms with Crippen LogP contribution in [0.5, 0.6) is 0 Å². The predicted octanol–water partition coefficient (Wildman–Crippen LogP) is 3.13. The maximum absolute atomic E-state index is 13.1. The summed E-state index contributed by atoms with van der Waals surface area (Å²) in [4.78, 5) is 27.5. The Bertz CT molecular complexity index is 576. The molecule has 1 N–H and O–H groups in total. The molecule has 2 atom stereocenters. The first-order valence-corrected chi connectivity index (χ1v) is 11.1. The Labute approximate surface area is 163 Å². The third kappa shape index (κ3) is 4.03. The molecule has 1 aliphatic heterocycles. The van der Waals surface area contributed by atoms with Crippen LogP contribution in [-0.4, -0.2) is 48.6 Å². The number of hydrogen-bond acceptors (Lipinski definition) is 3. The van der Waals surface area contributed by atoms with Gasteiger partial charge in [-0.1, -0.05) is 20.3 Å². The van der Waals surface area contributed by atoms with Gasteiger partial charge in [0.05, 0.1) is 6.61 Å². The molecule has 2 unspecified atom stereocenters. The van der Waals surface area contributed by atoms with Gasteiger partial charge < -0.3 is 15.0 Å². The van der Waals surface area contributed by atoms with Crippen LogP contribution in [0.25, 0.3) is 0 Å². The summed E-state index contributed by atoms with van der Waals surface area (Å²) in [6.45, 7) is 7.04. The van der Waals surface area contributed by atoms with Crippen molar-refractivity contribution in [1.29, 1.82) is 0 Å². The van der Waals surface area contributed by atoms with Gasteiger partial charge >= 0.3 is 0 Å². The molecule has 5 nitrogen and oxygen atoms in total. The number of amides is 2. The fraction of sp³-hybridized carbons (Fsp3) is 0.909. The van der Waals surface area contributed by atoms with E-state index < -0.39 is 0 Å². The van der Waals surface area contributed by atoms with Crippen LogP contribution in [0.15, 0.2) is 0 Å². The Hall–Kier alpha value is -1.10. The van der Waals surface area contributed by atoms with Crippen LogP contribution in [-0.2, 0) is 14.3 Å². The van der Waals surface area contributed by atoms with Crippen LogP contribution >= 0.6 is 0 Å². The second kappa shape index (κ2) is 7.38. The van der Waals surface area contributed by atoms with Crippen LogP contribution in [0.2, 0.25) is 0 Å². The van der Waals surface area contributed by atoms with Crippen LogP contribution in [0.3, 0.4) is 0 Å². The molecule has 3 saturated carbocycles. The lowest BCUT2D eigenvalue weighted by Crippen LogP contribution is -2.51. The van der Waals surface area contributed by atoms with Crippen LogP contribution < -0.4 is 5.32 Å². The monoisotopic (exact) mass is 376 g/mol. The van der Waals surface area contributed by atoms with Crippen molar-refractivity contribution in [3.8, 4) is 0 Å². The van der Waals surface area contributed by atoms with Crippen molar-refractivity contribution in [2.24, 2.45) is 23.2 Å². The molecular formula is C22H36N2O3. The SMILES string of the molecule is CC1CCCC1(C)C(=O)N1CCC(C2(NC(=O)COCC3CC3)CC2)CC1. The smallest absolute Gasteiger partial charge is 0.246 e. The number of ether oxygens (including phenoxy) is 1. The van der Waals surface area contributed by atoms with Gasteiger partial charge in [0.15, 0.2) is 0 Å². The molecule has 0 aromatic heterocycles. The van der Waals surface area contributed by atoms with E-state index in [9.17, 15) is 9.59 Å². The molecule has 27 heavy (non-hydrogen) atoms. The average Bonchev–Trinajstić information content (AvgIpc) is 3.58. The summed E-state index contributed by atoms with van der Waals surface area (Å²) in [6.07, 6.45) is 10.1. The number of carbonyl (C=O) groups excluding carboxylic acids is 2. The highest BCUT2D eigenvalue weighted by molar-refractivity contribution is 5.83. The van der Waals surface area contributed by atoms with Crippen molar-refractivity contribution in [1.82, 2.24) is 10.2 Å². The minimum Gasteiger partial charge on any atom is -0.371 e. The van der Waals surface area contributed by atoms with Gasteiger partial charge in [0.2, 0.25) is 11.8 Å². The third-order valence-corrected chi connectivity index (χ3v) is 7.93. The number of carbonyl (C=O) groups is 2.